The number of halogens is 3. The Labute approximate surface area is 278 Å². The van der Waals surface area contributed by atoms with E-state index >= 15 is 0 Å². The lowest BCUT2D eigenvalue weighted by Crippen LogP contribution is -2.44. The number of nitrogens with zero attached hydrogens (tertiary/aromatic N) is 4. The molecule has 0 radical (unpaired) electrons. The molecule has 1 saturated heterocycles. The second-order valence-electron chi connectivity index (χ2n) is 11.0. The predicted octanol–water partition coefficient (Wildman–Crippen LogP) is 4.36. The number of imidazole rings is 1. The van der Waals surface area contributed by atoms with Gasteiger partial charge in [-0.2, -0.15) is 21.6 Å². The van der Waals surface area contributed by atoms with Crippen molar-refractivity contribution >= 4 is 27.3 Å². The average Bonchev–Trinajstić information content (AvgIpc) is 3.66. The molecule has 0 bridgehead atoms. The van der Waals surface area contributed by atoms with E-state index in [0.29, 0.717) is 22.4 Å². The SMILES string of the molecule is CC(=O)O[C@H]1[C@@H](OS(=O)(=O)C(F)(F)F)[C@H](n2cnc3c(CN)ncnc32)O[C@@H]1COC(c1ccccc1)(c1ccccc1)c1ccccc1. The van der Waals surface area contributed by atoms with Crippen molar-refractivity contribution in [2.75, 3.05) is 6.61 Å². The molecule has 1 aliphatic heterocycles. The first-order valence-corrected chi connectivity index (χ1v) is 16.4. The molecule has 2 aromatic heterocycles. The van der Waals surface area contributed by atoms with E-state index in [1.165, 1.54) is 10.9 Å². The Bertz CT molecular complexity index is 1920. The number of rotatable bonds is 11. The Balaban J connectivity index is 1.48. The molecule has 0 saturated carbocycles. The van der Waals surface area contributed by atoms with Crippen molar-refractivity contribution in [3.8, 4) is 0 Å². The number of nitrogens with two attached hydrogens (primary N) is 1. The maximum atomic E-state index is 13.7. The Hall–Kier alpha value is -4.74. The zero-order valence-electron chi connectivity index (χ0n) is 25.8. The summed E-state index contributed by atoms with van der Waals surface area (Å²) in [5, 5.41) is 0. The highest BCUT2D eigenvalue weighted by Crippen LogP contribution is 2.43. The van der Waals surface area contributed by atoms with Crippen LogP contribution >= 0.6 is 0 Å². The molecule has 5 aromatic rings. The quantitative estimate of drug-likeness (QED) is 0.0905. The topological polar surface area (TPSA) is 158 Å². The lowest BCUT2D eigenvalue weighted by atomic mass is 9.80. The van der Waals surface area contributed by atoms with Crippen molar-refractivity contribution in [2.45, 2.75) is 49.1 Å². The van der Waals surface area contributed by atoms with Crippen LogP contribution in [0, 0.1) is 0 Å². The van der Waals surface area contributed by atoms with Gasteiger partial charge in [0.15, 0.2) is 24.1 Å². The summed E-state index contributed by atoms with van der Waals surface area (Å²) >= 11 is 0. The van der Waals surface area contributed by atoms with Crippen LogP contribution in [0.25, 0.3) is 11.2 Å². The van der Waals surface area contributed by atoms with Gasteiger partial charge in [0, 0.05) is 13.5 Å². The number of hydrogen-bond donors (Lipinski definition) is 1. The molecule has 1 fully saturated rings. The average molecular weight is 698 g/mol. The number of hydrogen-bond acceptors (Lipinski definition) is 11. The van der Waals surface area contributed by atoms with Gasteiger partial charge in [0.2, 0.25) is 0 Å². The maximum absolute atomic E-state index is 13.7. The van der Waals surface area contributed by atoms with E-state index in [9.17, 15) is 26.4 Å². The van der Waals surface area contributed by atoms with Crippen molar-refractivity contribution in [2.24, 2.45) is 5.73 Å². The van der Waals surface area contributed by atoms with E-state index in [0.717, 1.165) is 13.3 Å². The van der Waals surface area contributed by atoms with Gasteiger partial charge < -0.3 is 19.9 Å². The summed E-state index contributed by atoms with van der Waals surface area (Å²) in [5.41, 5.74) is 1.35. The molecule has 0 amide bonds. The molecule has 12 nitrogen and oxygen atoms in total. The minimum absolute atomic E-state index is 0.0446. The largest absolute Gasteiger partial charge is 0.523 e. The van der Waals surface area contributed by atoms with Crippen LogP contribution in [0.1, 0.15) is 35.5 Å². The molecule has 4 atom stereocenters. The van der Waals surface area contributed by atoms with Crippen LogP contribution in [0.15, 0.2) is 104 Å². The standard InChI is InChI=1S/C33H30F3N5O7S/c1-21(42)46-28-26(18-45-32(22-11-5-2-6-12-22,23-13-7-3-8-14-23)24-15-9-4-10-16-24)47-31(29(28)48-49(43,44)33(34,35)36)41-20-40-27-25(17-37)38-19-39-30(27)41/h2-16,19-20,26,28-29,31H,17-18,37H2,1H3/t26-,28-,29-,31-/m1/s1. The normalized spacial score (nSPS) is 20.0. The lowest BCUT2D eigenvalue weighted by molar-refractivity contribution is -0.155. The van der Waals surface area contributed by atoms with Crippen LogP contribution < -0.4 is 5.73 Å². The first-order valence-electron chi connectivity index (χ1n) is 15.0. The zero-order chi connectivity index (χ0) is 34.8. The number of carbonyl (C=O) groups excluding carboxylic acids is 1. The third-order valence-corrected chi connectivity index (χ3v) is 9.06. The molecule has 16 heteroatoms. The fourth-order valence-corrected chi connectivity index (χ4v) is 6.52. The molecular weight excluding hydrogens is 667 g/mol. The van der Waals surface area contributed by atoms with E-state index in [1.54, 1.807) is 0 Å². The summed E-state index contributed by atoms with van der Waals surface area (Å²) in [6, 6.07) is 27.6. The van der Waals surface area contributed by atoms with Gasteiger partial charge in [0.1, 0.15) is 23.5 Å². The fourth-order valence-electron chi connectivity index (χ4n) is 5.92. The number of carbonyl (C=O) groups is 1. The predicted molar refractivity (Wildman–Crippen MR) is 168 cm³/mol. The molecule has 2 N–H and O–H groups in total. The van der Waals surface area contributed by atoms with E-state index in [4.69, 9.17) is 24.1 Å². The fraction of sp³-hybridized carbons (Fsp3) is 0.273. The van der Waals surface area contributed by atoms with Crippen LogP contribution in [-0.2, 0) is 45.5 Å². The van der Waals surface area contributed by atoms with E-state index in [-0.39, 0.29) is 17.7 Å². The molecule has 1 aliphatic rings. The highest BCUT2D eigenvalue weighted by molar-refractivity contribution is 7.87. The first-order chi connectivity index (χ1) is 23.5. The van der Waals surface area contributed by atoms with Crippen molar-refractivity contribution < 1.29 is 44.8 Å². The molecule has 6 rings (SSSR count). The monoisotopic (exact) mass is 697 g/mol. The summed E-state index contributed by atoms with van der Waals surface area (Å²) in [7, 11) is -6.23. The van der Waals surface area contributed by atoms with Crippen molar-refractivity contribution in [3.63, 3.8) is 0 Å². The minimum atomic E-state index is -6.23. The van der Waals surface area contributed by atoms with Gasteiger partial charge in [0.25, 0.3) is 0 Å². The van der Waals surface area contributed by atoms with Gasteiger partial charge in [-0.25, -0.2) is 15.0 Å². The van der Waals surface area contributed by atoms with Gasteiger partial charge in [0.05, 0.1) is 18.6 Å². The highest BCUT2D eigenvalue weighted by atomic mass is 32.2. The summed E-state index contributed by atoms with van der Waals surface area (Å²) < 4.78 is 90.6. The summed E-state index contributed by atoms with van der Waals surface area (Å²) in [6.45, 7) is 0.557. The van der Waals surface area contributed by atoms with Gasteiger partial charge in [-0.3, -0.25) is 13.5 Å². The Morgan fingerprint density at radius 3 is 1.92 bits per heavy atom. The van der Waals surface area contributed by atoms with E-state index in [2.05, 4.69) is 15.0 Å². The molecule has 0 spiro atoms. The van der Waals surface area contributed by atoms with Gasteiger partial charge in [-0.05, 0) is 16.7 Å². The summed E-state index contributed by atoms with van der Waals surface area (Å²) in [4.78, 5) is 24.9. The van der Waals surface area contributed by atoms with E-state index < -0.39 is 58.3 Å². The van der Waals surface area contributed by atoms with Crippen molar-refractivity contribution in [1.82, 2.24) is 19.5 Å². The highest BCUT2D eigenvalue weighted by Gasteiger charge is 2.57. The van der Waals surface area contributed by atoms with Crippen LogP contribution in [-0.4, -0.2) is 64.3 Å². The van der Waals surface area contributed by atoms with Crippen LogP contribution in [0.3, 0.4) is 0 Å². The first kappa shape index (κ1) is 34.1. The Morgan fingerprint density at radius 1 is 0.878 bits per heavy atom. The molecular formula is C33H30F3N5O7S. The third-order valence-electron chi connectivity index (χ3n) is 8.02. The number of alkyl halides is 3. The Morgan fingerprint density at radius 2 is 1.43 bits per heavy atom. The summed E-state index contributed by atoms with van der Waals surface area (Å²) in [6.07, 6.45) is -4.45. The number of fused-ring (bicyclic) bond motifs is 1. The minimum Gasteiger partial charge on any atom is -0.457 e. The van der Waals surface area contributed by atoms with Crippen molar-refractivity contribution in [3.05, 3.63) is 126 Å². The Kier molecular flexibility index (Phi) is 9.50. The molecule has 3 aromatic carbocycles. The molecule has 256 valence electrons. The second-order valence-corrected chi connectivity index (χ2v) is 12.6. The number of esters is 1. The van der Waals surface area contributed by atoms with E-state index in [1.807, 2.05) is 91.0 Å². The smallest absolute Gasteiger partial charge is 0.457 e. The molecule has 0 unspecified atom stereocenters. The maximum Gasteiger partial charge on any atom is 0.523 e. The van der Waals surface area contributed by atoms with Crippen LogP contribution in [0.5, 0.6) is 0 Å². The van der Waals surface area contributed by atoms with Crippen molar-refractivity contribution in [1.29, 1.82) is 0 Å². The van der Waals surface area contributed by atoms with Gasteiger partial charge >= 0.3 is 21.6 Å². The number of aromatic nitrogens is 4. The number of benzene rings is 3. The second kappa shape index (κ2) is 13.6. The number of ether oxygens (including phenoxy) is 3. The molecule has 3 heterocycles. The van der Waals surface area contributed by atoms with Crippen LogP contribution in [0.2, 0.25) is 0 Å². The van der Waals surface area contributed by atoms with Crippen LogP contribution in [0.4, 0.5) is 13.2 Å². The summed E-state index contributed by atoms with van der Waals surface area (Å²) in [5.74, 6) is -0.930. The lowest BCUT2D eigenvalue weighted by Gasteiger charge is -2.37. The third kappa shape index (κ3) is 6.52. The molecule has 49 heavy (non-hydrogen) atoms. The molecule has 0 aliphatic carbocycles. The van der Waals surface area contributed by atoms with Gasteiger partial charge in [-0.15, -0.1) is 0 Å². The zero-order valence-corrected chi connectivity index (χ0v) is 26.6. The van der Waals surface area contributed by atoms with Gasteiger partial charge in [-0.1, -0.05) is 91.0 Å².